The number of benzene rings is 1. The third-order valence-corrected chi connectivity index (χ3v) is 5.77. The molecule has 112 valence electrons. The van der Waals surface area contributed by atoms with Gasteiger partial charge in [0.25, 0.3) is 0 Å². The Labute approximate surface area is 122 Å². The van der Waals surface area contributed by atoms with Gasteiger partial charge in [-0.25, -0.2) is 8.42 Å². The zero-order chi connectivity index (χ0) is 14.6. The highest BCUT2D eigenvalue weighted by molar-refractivity contribution is 7.91. The molecule has 1 heterocycles. The smallest absolute Gasteiger partial charge is 0.150 e. The third-order valence-electron chi connectivity index (χ3n) is 4.06. The highest BCUT2D eigenvalue weighted by atomic mass is 32.2. The van der Waals surface area contributed by atoms with Gasteiger partial charge in [-0.15, -0.1) is 0 Å². The lowest BCUT2D eigenvalue weighted by Gasteiger charge is -2.27. The molecule has 0 aliphatic carbocycles. The molecule has 2 rings (SSSR count). The predicted octanol–water partition coefficient (Wildman–Crippen LogP) is 2.87. The quantitative estimate of drug-likeness (QED) is 0.908. The summed E-state index contributed by atoms with van der Waals surface area (Å²) in [5.41, 5.74) is 2.66. The molecule has 1 aromatic rings. The van der Waals surface area contributed by atoms with Crippen LogP contribution in [0.4, 0.5) is 0 Å². The first kappa shape index (κ1) is 15.5. The number of nitrogens with one attached hydrogen (secondary N) is 1. The lowest BCUT2D eigenvalue weighted by atomic mass is 10.0. The van der Waals surface area contributed by atoms with E-state index >= 15 is 0 Å². The minimum atomic E-state index is -2.77. The van der Waals surface area contributed by atoms with Crippen molar-refractivity contribution >= 4 is 9.84 Å². The number of hydrogen-bond acceptors (Lipinski definition) is 3. The van der Waals surface area contributed by atoms with Crippen molar-refractivity contribution in [3.63, 3.8) is 0 Å². The van der Waals surface area contributed by atoms with Gasteiger partial charge in [0.15, 0.2) is 0 Å². The van der Waals surface area contributed by atoms with Crippen molar-refractivity contribution in [2.24, 2.45) is 0 Å². The molecule has 0 spiro atoms. The summed E-state index contributed by atoms with van der Waals surface area (Å²) in [7, 11) is -2.77. The van der Waals surface area contributed by atoms with E-state index in [1.54, 1.807) is 0 Å². The molecule has 1 aromatic carbocycles. The van der Waals surface area contributed by atoms with Crippen molar-refractivity contribution in [1.82, 2.24) is 5.32 Å². The number of aryl methyl sites for hydroxylation is 1. The second kappa shape index (κ2) is 6.72. The van der Waals surface area contributed by atoms with Crippen molar-refractivity contribution in [3.8, 4) is 0 Å². The fraction of sp³-hybridized carbons (Fsp3) is 0.625. The zero-order valence-electron chi connectivity index (χ0n) is 12.4. The normalized spacial score (nSPS) is 20.7. The van der Waals surface area contributed by atoms with Gasteiger partial charge in [-0.2, -0.15) is 0 Å². The molecular formula is C16H25NO2S. The van der Waals surface area contributed by atoms with Crippen LogP contribution in [0, 0.1) is 0 Å². The summed E-state index contributed by atoms with van der Waals surface area (Å²) in [4.78, 5) is 0. The van der Waals surface area contributed by atoms with Gasteiger partial charge in [-0.3, -0.25) is 0 Å². The van der Waals surface area contributed by atoms with Gasteiger partial charge in [0.1, 0.15) is 9.84 Å². The SMILES string of the molecule is CCCc1ccc(C(C)NC2CCS(=O)(=O)CC2)cc1. The van der Waals surface area contributed by atoms with E-state index < -0.39 is 9.84 Å². The van der Waals surface area contributed by atoms with Gasteiger partial charge in [-0.05, 0) is 37.3 Å². The summed E-state index contributed by atoms with van der Waals surface area (Å²) in [5.74, 6) is 0.652. The lowest BCUT2D eigenvalue weighted by molar-refractivity contribution is 0.420. The molecule has 4 heteroatoms. The zero-order valence-corrected chi connectivity index (χ0v) is 13.2. The molecule has 0 amide bonds. The Hall–Kier alpha value is -0.870. The van der Waals surface area contributed by atoms with E-state index in [1.165, 1.54) is 17.5 Å². The van der Waals surface area contributed by atoms with Crippen LogP contribution in [0.15, 0.2) is 24.3 Å². The number of rotatable bonds is 5. The summed E-state index contributed by atoms with van der Waals surface area (Å²) in [6.07, 6.45) is 3.77. The Morgan fingerprint density at radius 1 is 1.20 bits per heavy atom. The topological polar surface area (TPSA) is 46.2 Å². The van der Waals surface area contributed by atoms with E-state index in [-0.39, 0.29) is 6.04 Å². The number of hydrogen-bond donors (Lipinski definition) is 1. The van der Waals surface area contributed by atoms with Gasteiger partial charge in [0, 0.05) is 12.1 Å². The first-order chi connectivity index (χ1) is 9.50. The van der Waals surface area contributed by atoms with Crippen LogP contribution < -0.4 is 5.32 Å². The van der Waals surface area contributed by atoms with Crippen LogP contribution in [0.5, 0.6) is 0 Å². The van der Waals surface area contributed by atoms with Crippen LogP contribution in [0.1, 0.15) is 50.3 Å². The first-order valence-corrected chi connectivity index (χ1v) is 9.37. The molecule has 1 saturated heterocycles. The largest absolute Gasteiger partial charge is 0.307 e. The van der Waals surface area contributed by atoms with E-state index in [0.717, 1.165) is 19.3 Å². The molecule has 0 radical (unpaired) electrons. The fourth-order valence-electron chi connectivity index (χ4n) is 2.77. The van der Waals surface area contributed by atoms with Crippen molar-refractivity contribution in [2.75, 3.05) is 11.5 Å². The Kier molecular flexibility index (Phi) is 5.22. The van der Waals surface area contributed by atoms with E-state index in [0.29, 0.717) is 17.5 Å². The molecule has 1 unspecified atom stereocenters. The van der Waals surface area contributed by atoms with Gasteiger partial charge < -0.3 is 5.32 Å². The molecule has 1 fully saturated rings. The number of sulfone groups is 1. The van der Waals surface area contributed by atoms with Crippen LogP contribution in [-0.4, -0.2) is 26.0 Å². The molecule has 0 saturated carbocycles. The minimum absolute atomic E-state index is 0.275. The molecule has 1 aliphatic rings. The maximum absolute atomic E-state index is 11.4. The molecule has 0 aromatic heterocycles. The fourth-order valence-corrected chi connectivity index (χ4v) is 4.26. The molecule has 1 N–H and O–H groups in total. The van der Waals surface area contributed by atoms with E-state index in [2.05, 4.69) is 43.4 Å². The molecule has 0 bridgehead atoms. The summed E-state index contributed by atoms with van der Waals surface area (Å²) in [5, 5.41) is 3.56. The Bertz CT molecular complexity index is 508. The third kappa shape index (κ3) is 4.32. The van der Waals surface area contributed by atoms with Crippen molar-refractivity contribution < 1.29 is 8.42 Å². The molecule has 1 atom stereocenters. The summed E-state index contributed by atoms with van der Waals surface area (Å²) in [6.45, 7) is 4.34. The van der Waals surface area contributed by atoms with Crippen molar-refractivity contribution in [3.05, 3.63) is 35.4 Å². The minimum Gasteiger partial charge on any atom is -0.307 e. The van der Waals surface area contributed by atoms with Crippen LogP contribution in [0.3, 0.4) is 0 Å². The monoisotopic (exact) mass is 295 g/mol. The van der Waals surface area contributed by atoms with Crippen LogP contribution in [-0.2, 0) is 16.3 Å². The van der Waals surface area contributed by atoms with Gasteiger partial charge in [0.05, 0.1) is 11.5 Å². The van der Waals surface area contributed by atoms with E-state index in [9.17, 15) is 8.42 Å². The molecule has 1 aliphatic heterocycles. The first-order valence-electron chi connectivity index (χ1n) is 7.55. The standard InChI is InChI=1S/C16H25NO2S/c1-3-4-14-5-7-15(8-6-14)13(2)17-16-9-11-20(18,19)12-10-16/h5-8,13,16-17H,3-4,9-12H2,1-2H3. The van der Waals surface area contributed by atoms with Crippen LogP contribution in [0.25, 0.3) is 0 Å². The Balaban J connectivity index is 1.90. The molecule has 20 heavy (non-hydrogen) atoms. The van der Waals surface area contributed by atoms with Crippen molar-refractivity contribution in [1.29, 1.82) is 0 Å². The Morgan fingerprint density at radius 3 is 2.35 bits per heavy atom. The van der Waals surface area contributed by atoms with Gasteiger partial charge in [-0.1, -0.05) is 37.6 Å². The van der Waals surface area contributed by atoms with Gasteiger partial charge in [0.2, 0.25) is 0 Å². The average Bonchev–Trinajstić information content (AvgIpc) is 2.42. The van der Waals surface area contributed by atoms with Crippen LogP contribution >= 0.6 is 0 Å². The predicted molar refractivity (Wildman–Crippen MR) is 83.7 cm³/mol. The summed E-state index contributed by atoms with van der Waals surface area (Å²) < 4.78 is 22.8. The van der Waals surface area contributed by atoms with E-state index in [1.807, 2.05) is 0 Å². The van der Waals surface area contributed by atoms with E-state index in [4.69, 9.17) is 0 Å². The summed E-state index contributed by atoms with van der Waals surface area (Å²) >= 11 is 0. The van der Waals surface area contributed by atoms with Crippen LogP contribution in [0.2, 0.25) is 0 Å². The highest BCUT2D eigenvalue weighted by Gasteiger charge is 2.24. The second-order valence-electron chi connectivity index (χ2n) is 5.81. The average molecular weight is 295 g/mol. The Morgan fingerprint density at radius 2 is 1.80 bits per heavy atom. The molecule has 3 nitrogen and oxygen atoms in total. The molecular weight excluding hydrogens is 270 g/mol. The second-order valence-corrected chi connectivity index (χ2v) is 8.11. The van der Waals surface area contributed by atoms with Gasteiger partial charge >= 0.3 is 0 Å². The summed E-state index contributed by atoms with van der Waals surface area (Å²) in [6, 6.07) is 9.36. The van der Waals surface area contributed by atoms with Crippen molar-refractivity contribution in [2.45, 2.75) is 51.6 Å². The maximum Gasteiger partial charge on any atom is 0.150 e. The highest BCUT2D eigenvalue weighted by Crippen LogP contribution is 2.19. The maximum atomic E-state index is 11.4. The lowest BCUT2D eigenvalue weighted by Crippen LogP contribution is -2.38.